The average Bonchev–Trinajstić information content (AvgIpc) is 3.11. The summed E-state index contributed by atoms with van der Waals surface area (Å²) in [6, 6.07) is 34.0. The second-order valence-corrected chi connectivity index (χ2v) is 10.7. The van der Waals surface area contributed by atoms with Crippen molar-refractivity contribution in [2.24, 2.45) is 0 Å². The molecule has 0 N–H and O–H groups in total. The first kappa shape index (κ1) is 27.6. The summed E-state index contributed by atoms with van der Waals surface area (Å²) in [4.78, 5) is 9.17. The molecule has 1 aliphatic rings. The maximum atomic E-state index is 6.33. The second kappa shape index (κ2) is 12.9. The molecule has 0 saturated heterocycles. The van der Waals surface area contributed by atoms with Crippen LogP contribution in [0.25, 0.3) is 0 Å². The summed E-state index contributed by atoms with van der Waals surface area (Å²) in [5, 5.41) is 0. The van der Waals surface area contributed by atoms with Crippen molar-refractivity contribution in [1.82, 2.24) is 9.80 Å². The first-order valence-corrected chi connectivity index (χ1v) is 14.0. The van der Waals surface area contributed by atoms with Gasteiger partial charge in [-0.05, 0) is 70.2 Å². The quantitative estimate of drug-likeness (QED) is 0.216. The Kier molecular flexibility index (Phi) is 8.89. The smallest absolute Gasteiger partial charge is 0.143 e. The minimum atomic E-state index is 0.554. The van der Waals surface area contributed by atoms with Gasteiger partial charge in [0.2, 0.25) is 0 Å². The Morgan fingerprint density at radius 3 is 2.12 bits per heavy atom. The van der Waals surface area contributed by atoms with E-state index in [1.165, 1.54) is 22.5 Å². The lowest BCUT2D eigenvalue weighted by Crippen LogP contribution is -2.30. The summed E-state index contributed by atoms with van der Waals surface area (Å²) in [6.07, 6.45) is 0. The van der Waals surface area contributed by atoms with Crippen molar-refractivity contribution in [2.45, 2.75) is 13.2 Å². The Balaban J connectivity index is 1.56. The molecular formula is C34H40N4O2. The molecule has 0 aromatic heterocycles. The lowest BCUT2D eigenvalue weighted by Gasteiger charge is -2.32. The number of anilines is 4. The Hall–Kier alpha value is -4.00. The number of fused-ring (bicyclic) bond motifs is 2. The molecule has 0 atom stereocenters. The van der Waals surface area contributed by atoms with E-state index in [0.717, 1.165) is 42.5 Å². The summed E-state index contributed by atoms with van der Waals surface area (Å²) >= 11 is 0. The first-order chi connectivity index (χ1) is 19.5. The zero-order valence-corrected chi connectivity index (χ0v) is 24.1. The van der Waals surface area contributed by atoms with Crippen LogP contribution < -0.4 is 19.3 Å². The van der Waals surface area contributed by atoms with Crippen LogP contribution in [-0.4, -0.2) is 64.2 Å². The number of ether oxygens (including phenoxy) is 2. The summed E-state index contributed by atoms with van der Waals surface area (Å²) in [6.45, 7) is 4.48. The fourth-order valence-electron chi connectivity index (χ4n) is 5.04. The van der Waals surface area contributed by atoms with Crippen LogP contribution in [0.3, 0.4) is 0 Å². The van der Waals surface area contributed by atoms with Gasteiger partial charge in [-0.2, -0.15) is 0 Å². The number of hydrogen-bond acceptors (Lipinski definition) is 6. The summed E-state index contributed by atoms with van der Waals surface area (Å²) < 4.78 is 12.6. The van der Waals surface area contributed by atoms with E-state index in [2.05, 4.69) is 139 Å². The first-order valence-electron chi connectivity index (χ1n) is 14.0. The van der Waals surface area contributed by atoms with Gasteiger partial charge < -0.3 is 29.1 Å². The molecule has 40 heavy (non-hydrogen) atoms. The zero-order valence-electron chi connectivity index (χ0n) is 24.1. The molecule has 1 heterocycles. The molecule has 1 aliphatic heterocycles. The van der Waals surface area contributed by atoms with Gasteiger partial charge in [-0.25, -0.2) is 0 Å². The van der Waals surface area contributed by atoms with Crippen molar-refractivity contribution < 1.29 is 9.47 Å². The Morgan fingerprint density at radius 2 is 1.32 bits per heavy atom. The highest BCUT2D eigenvalue weighted by Gasteiger charge is 2.24. The van der Waals surface area contributed by atoms with Gasteiger partial charge in [-0.1, -0.05) is 60.7 Å². The molecule has 0 aliphatic carbocycles. The highest BCUT2D eigenvalue weighted by atomic mass is 16.5. The summed E-state index contributed by atoms with van der Waals surface area (Å²) in [5.74, 6) is 1.80. The highest BCUT2D eigenvalue weighted by molar-refractivity contribution is 5.76. The van der Waals surface area contributed by atoms with Crippen LogP contribution in [-0.2, 0) is 13.2 Å². The van der Waals surface area contributed by atoms with E-state index in [1.807, 2.05) is 6.07 Å². The molecule has 0 bridgehead atoms. The third-order valence-electron chi connectivity index (χ3n) is 7.16. The molecular weight excluding hydrogens is 496 g/mol. The van der Waals surface area contributed by atoms with Crippen LogP contribution in [0.4, 0.5) is 22.7 Å². The Morgan fingerprint density at radius 1 is 0.675 bits per heavy atom. The molecule has 4 aromatic carbocycles. The van der Waals surface area contributed by atoms with Crippen molar-refractivity contribution in [1.29, 1.82) is 0 Å². The van der Waals surface area contributed by atoms with Crippen LogP contribution in [0.1, 0.15) is 11.1 Å². The molecule has 0 unspecified atom stereocenters. The van der Waals surface area contributed by atoms with Gasteiger partial charge in [0, 0.05) is 36.6 Å². The molecule has 5 rings (SSSR count). The Labute approximate surface area is 239 Å². The van der Waals surface area contributed by atoms with Gasteiger partial charge in [-0.3, -0.25) is 0 Å². The highest BCUT2D eigenvalue weighted by Crippen LogP contribution is 2.42. The standard InChI is InChI=1S/C34H40N4O2/c1-35(2)21-22-37(31-17-9-11-19-33(31)39-24-23-36(3)4)29-15-7-5-13-27(29)25-38-30-16-8-6-14-28(30)26-40-34-20-12-10-18-32(34)38/h5-20H,21-26H2,1-4H3. The molecule has 0 fully saturated rings. The average molecular weight is 537 g/mol. The number of para-hydroxylation sites is 6. The van der Waals surface area contributed by atoms with E-state index in [1.54, 1.807) is 0 Å². The predicted molar refractivity (Wildman–Crippen MR) is 166 cm³/mol. The topological polar surface area (TPSA) is 31.4 Å². The predicted octanol–water partition coefficient (Wildman–Crippen LogP) is 6.56. The van der Waals surface area contributed by atoms with Crippen LogP contribution >= 0.6 is 0 Å². The van der Waals surface area contributed by atoms with Gasteiger partial charge in [-0.15, -0.1) is 0 Å². The fourth-order valence-corrected chi connectivity index (χ4v) is 5.04. The SMILES string of the molecule is CN(C)CCOc1ccccc1N(CCN(C)C)c1ccccc1CN1c2ccccc2COc2ccccc21. The second-order valence-electron chi connectivity index (χ2n) is 10.7. The maximum Gasteiger partial charge on any atom is 0.143 e. The van der Waals surface area contributed by atoms with Crippen LogP contribution in [0, 0.1) is 0 Å². The largest absolute Gasteiger partial charge is 0.490 e. The molecule has 6 heteroatoms. The monoisotopic (exact) mass is 536 g/mol. The van der Waals surface area contributed by atoms with E-state index < -0.39 is 0 Å². The molecule has 0 spiro atoms. The van der Waals surface area contributed by atoms with Gasteiger partial charge in [0.05, 0.1) is 17.9 Å². The van der Waals surface area contributed by atoms with Gasteiger partial charge >= 0.3 is 0 Å². The summed E-state index contributed by atoms with van der Waals surface area (Å²) in [7, 11) is 8.38. The van der Waals surface area contributed by atoms with Crippen molar-refractivity contribution in [3.05, 3.63) is 108 Å². The molecule has 0 saturated carbocycles. The van der Waals surface area contributed by atoms with Gasteiger partial charge in [0.25, 0.3) is 0 Å². The molecule has 4 aromatic rings. The van der Waals surface area contributed by atoms with E-state index in [-0.39, 0.29) is 0 Å². The number of likely N-dealkylation sites (N-methyl/N-ethyl adjacent to an activating group) is 2. The molecule has 0 amide bonds. The minimum Gasteiger partial charge on any atom is -0.490 e. The van der Waals surface area contributed by atoms with E-state index in [4.69, 9.17) is 9.47 Å². The third kappa shape index (κ3) is 6.41. The van der Waals surface area contributed by atoms with E-state index >= 15 is 0 Å². The van der Waals surface area contributed by atoms with Crippen LogP contribution in [0.5, 0.6) is 11.5 Å². The van der Waals surface area contributed by atoms with Crippen molar-refractivity contribution in [3.63, 3.8) is 0 Å². The Bertz CT molecular complexity index is 1360. The number of hydrogen-bond donors (Lipinski definition) is 0. The van der Waals surface area contributed by atoms with Gasteiger partial charge in [0.15, 0.2) is 0 Å². The fraction of sp³-hybridized carbons (Fsp3) is 0.294. The van der Waals surface area contributed by atoms with Crippen molar-refractivity contribution >= 4 is 22.7 Å². The molecule has 6 nitrogen and oxygen atoms in total. The lowest BCUT2D eigenvalue weighted by atomic mass is 10.1. The third-order valence-corrected chi connectivity index (χ3v) is 7.16. The summed E-state index contributed by atoms with van der Waals surface area (Å²) in [5.41, 5.74) is 6.92. The van der Waals surface area contributed by atoms with E-state index in [9.17, 15) is 0 Å². The molecule has 208 valence electrons. The minimum absolute atomic E-state index is 0.554. The van der Waals surface area contributed by atoms with Crippen molar-refractivity contribution in [2.75, 3.05) is 64.2 Å². The van der Waals surface area contributed by atoms with Crippen LogP contribution in [0.2, 0.25) is 0 Å². The van der Waals surface area contributed by atoms with E-state index in [0.29, 0.717) is 19.8 Å². The molecule has 0 radical (unpaired) electrons. The maximum absolute atomic E-state index is 6.33. The number of rotatable bonds is 11. The van der Waals surface area contributed by atoms with Crippen molar-refractivity contribution in [3.8, 4) is 11.5 Å². The zero-order chi connectivity index (χ0) is 27.9. The van der Waals surface area contributed by atoms with Gasteiger partial charge in [0.1, 0.15) is 24.7 Å². The number of nitrogens with zero attached hydrogens (tertiary/aromatic N) is 4. The lowest BCUT2D eigenvalue weighted by molar-refractivity contribution is 0.262. The van der Waals surface area contributed by atoms with Crippen LogP contribution in [0.15, 0.2) is 97.1 Å². The normalized spacial score (nSPS) is 12.5. The number of benzene rings is 4.